The van der Waals surface area contributed by atoms with Crippen molar-refractivity contribution in [2.24, 2.45) is 0 Å². The van der Waals surface area contributed by atoms with Gasteiger partial charge in [0.25, 0.3) is 0 Å². The number of ether oxygens (including phenoxy) is 2. The van der Waals surface area contributed by atoms with Gasteiger partial charge >= 0.3 is 12.1 Å². The molecule has 21 heavy (non-hydrogen) atoms. The number of carbonyl (C=O) groups excluding carboxylic acids is 1. The molecule has 0 aliphatic heterocycles. The zero-order valence-corrected chi connectivity index (χ0v) is 12.4. The summed E-state index contributed by atoms with van der Waals surface area (Å²) in [6.07, 6.45) is 0.993. The largest absolute Gasteiger partial charge is 0.466 e. The number of amides is 1. The zero-order valence-electron chi connectivity index (χ0n) is 12.4. The fourth-order valence-electron chi connectivity index (χ4n) is 1.70. The van der Waals surface area contributed by atoms with E-state index in [1.54, 1.807) is 33.0 Å². The summed E-state index contributed by atoms with van der Waals surface area (Å²) in [6, 6.07) is 1.77. The van der Waals surface area contributed by atoms with E-state index in [-0.39, 0.29) is 12.6 Å². The van der Waals surface area contributed by atoms with Gasteiger partial charge in [-0.3, -0.25) is 5.32 Å². The lowest BCUT2D eigenvalue weighted by Crippen LogP contribution is -2.27. The number of nitrogens with zero attached hydrogens (tertiary/aromatic N) is 3. The van der Waals surface area contributed by atoms with Crippen LogP contribution < -0.4 is 10.1 Å². The average molecular weight is 294 g/mol. The minimum Gasteiger partial charge on any atom is -0.466 e. The van der Waals surface area contributed by atoms with Crippen LogP contribution in [0.25, 0.3) is 5.65 Å². The van der Waals surface area contributed by atoms with E-state index >= 15 is 0 Å². The summed E-state index contributed by atoms with van der Waals surface area (Å²) in [7, 11) is 1.45. The van der Waals surface area contributed by atoms with Crippen LogP contribution in [0.1, 0.15) is 26.3 Å². The van der Waals surface area contributed by atoms with Crippen LogP contribution in [0.5, 0.6) is 6.01 Å². The normalized spacial score (nSPS) is 11.5. The van der Waals surface area contributed by atoms with Crippen LogP contribution in [0, 0.1) is 0 Å². The van der Waals surface area contributed by atoms with Gasteiger partial charge in [-0.2, -0.15) is 4.98 Å². The molecule has 0 atom stereocenters. The Kier molecular flexibility index (Phi) is 3.99. The second kappa shape index (κ2) is 5.57. The van der Waals surface area contributed by atoms with Gasteiger partial charge in [0, 0.05) is 6.20 Å². The van der Waals surface area contributed by atoms with Crippen LogP contribution in [0.2, 0.25) is 0 Å². The maximum Gasteiger partial charge on any atom is 0.412 e. The first-order valence-electron chi connectivity index (χ1n) is 6.36. The summed E-state index contributed by atoms with van der Waals surface area (Å²) in [5.74, 6) is 0. The van der Waals surface area contributed by atoms with Crippen molar-refractivity contribution in [3.05, 3.63) is 17.8 Å². The molecular formula is C13H18N4O4. The van der Waals surface area contributed by atoms with Gasteiger partial charge < -0.3 is 14.6 Å². The highest BCUT2D eigenvalue weighted by atomic mass is 16.6. The topological polar surface area (TPSA) is 98.0 Å². The SMILES string of the molecule is COc1nc2c(NC(=O)OC(C)(C)C)cc(CO)cn2n1. The van der Waals surface area contributed by atoms with E-state index in [4.69, 9.17) is 9.47 Å². The quantitative estimate of drug-likeness (QED) is 0.891. The van der Waals surface area contributed by atoms with Crippen molar-refractivity contribution in [2.45, 2.75) is 33.0 Å². The van der Waals surface area contributed by atoms with Gasteiger partial charge in [-0.25, -0.2) is 9.31 Å². The molecule has 2 rings (SSSR count). The Hall–Kier alpha value is -2.35. The Labute approximate surface area is 121 Å². The van der Waals surface area contributed by atoms with Gasteiger partial charge in [0.05, 0.1) is 19.4 Å². The lowest BCUT2D eigenvalue weighted by atomic mass is 10.2. The van der Waals surface area contributed by atoms with Crippen LogP contribution in [0.15, 0.2) is 12.3 Å². The molecular weight excluding hydrogens is 276 g/mol. The van der Waals surface area contributed by atoms with Crippen LogP contribution in [0.3, 0.4) is 0 Å². The van der Waals surface area contributed by atoms with Crippen molar-refractivity contribution in [3.8, 4) is 6.01 Å². The number of hydrogen-bond donors (Lipinski definition) is 2. The molecule has 0 aliphatic rings. The van der Waals surface area contributed by atoms with E-state index in [0.717, 1.165) is 0 Å². The number of aliphatic hydroxyl groups is 1. The summed E-state index contributed by atoms with van der Waals surface area (Å²) in [5.41, 5.74) is 0.739. The third-order valence-electron chi connectivity index (χ3n) is 2.47. The first-order valence-corrected chi connectivity index (χ1v) is 6.36. The van der Waals surface area contributed by atoms with Crippen LogP contribution in [0.4, 0.5) is 10.5 Å². The number of hydrogen-bond acceptors (Lipinski definition) is 6. The molecule has 2 N–H and O–H groups in total. The van der Waals surface area contributed by atoms with Gasteiger partial charge in [-0.15, -0.1) is 5.10 Å². The average Bonchev–Trinajstić information content (AvgIpc) is 2.79. The van der Waals surface area contributed by atoms with Crippen LogP contribution in [-0.4, -0.2) is 38.5 Å². The minimum absolute atomic E-state index is 0.164. The van der Waals surface area contributed by atoms with E-state index in [1.165, 1.54) is 11.6 Å². The molecule has 0 saturated heterocycles. The summed E-state index contributed by atoms with van der Waals surface area (Å²) >= 11 is 0. The number of methoxy groups -OCH3 is 1. The fourth-order valence-corrected chi connectivity index (χ4v) is 1.70. The van der Waals surface area contributed by atoms with E-state index in [2.05, 4.69) is 15.4 Å². The summed E-state index contributed by atoms with van der Waals surface area (Å²) < 4.78 is 11.6. The molecule has 0 aliphatic carbocycles. The second-order valence-corrected chi connectivity index (χ2v) is 5.41. The number of fused-ring (bicyclic) bond motifs is 1. The van der Waals surface area contributed by atoms with Crippen molar-refractivity contribution in [1.29, 1.82) is 0 Å². The number of carbonyl (C=O) groups is 1. The maximum atomic E-state index is 11.9. The predicted molar refractivity (Wildman–Crippen MR) is 75.3 cm³/mol. The number of aliphatic hydroxyl groups excluding tert-OH is 1. The van der Waals surface area contributed by atoms with Crippen molar-refractivity contribution < 1.29 is 19.4 Å². The Morgan fingerprint density at radius 2 is 2.19 bits per heavy atom. The van der Waals surface area contributed by atoms with Crippen LogP contribution >= 0.6 is 0 Å². The molecule has 8 nitrogen and oxygen atoms in total. The lowest BCUT2D eigenvalue weighted by molar-refractivity contribution is 0.0636. The Bertz CT molecular complexity index is 660. The van der Waals surface area contributed by atoms with Gasteiger partial charge in [0.15, 0.2) is 5.65 Å². The highest BCUT2D eigenvalue weighted by molar-refractivity contribution is 5.89. The van der Waals surface area contributed by atoms with Crippen molar-refractivity contribution in [2.75, 3.05) is 12.4 Å². The number of nitrogens with one attached hydrogen (secondary N) is 1. The maximum absolute atomic E-state index is 11.9. The minimum atomic E-state index is -0.611. The Morgan fingerprint density at radius 3 is 2.76 bits per heavy atom. The monoisotopic (exact) mass is 294 g/mol. The Balaban J connectivity index is 2.37. The highest BCUT2D eigenvalue weighted by Gasteiger charge is 2.18. The van der Waals surface area contributed by atoms with Gasteiger partial charge in [-0.1, -0.05) is 0 Å². The van der Waals surface area contributed by atoms with Gasteiger partial charge in [0.2, 0.25) is 0 Å². The summed E-state index contributed by atoms with van der Waals surface area (Å²) in [6.45, 7) is 5.12. The van der Waals surface area contributed by atoms with E-state index in [0.29, 0.717) is 16.9 Å². The fraction of sp³-hybridized carbons (Fsp3) is 0.462. The smallest absolute Gasteiger partial charge is 0.412 e. The first kappa shape index (κ1) is 15.0. The molecule has 0 radical (unpaired) electrons. The van der Waals surface area contributed by atoms with Crippen molar-refractivity contribution in [3.63, 3.8) is 0 Å². The molecule has 1 amide bonds. The predicted octanol–water partition coefficient (Wildman–Crippen LogP) is 1.58. The van der Waals surface area contributed by atoms with Gasteiger partial charge in [-0.05, 0) is 32.4 Å². The van der Waals surface area contributed by atoms with Crippen molar-refractivity contribution in [1.82, 2.24) is 14.6 Å². The lowest BCUT2D eigenvalue weighted by Gasteiger charge is -2.19. The van der Waals surface area contributed by atoms with E-state index in [1.807, 2.05) is 0 Å². The molecule has 0 saturated carbocycles. The molecule has 8 heteroatoms. The molecule has 2 heterocycles. The zero-order chi connectivity index (χ0) is 15.6. The Morgan fingerprint density at radius 1 is 1.48 bits per heavy atom. The van der Waals surface area contributed by atoms with E-state index in [9.17, 15) is 9.90 Å². The number of anilines is 1. The van der Waals surface area contributed by atoms with Gasteiger partial charge in [0.1, 0.15) is 5.60 Å². The number of rotatable bonds is 3. The first-order chi connectivity index (χ1) is 9.82. The molecule has 2 aromatic rings. The molecule has 114 valence electrons. The molecule has 0 aromatic carbocycles. The van der Waals surface area contributed by atoms with Crippen molar-refractivity contribution >= 4 is 17.4 Å². The second-order valence-electron chi connectivity index (χ2n) is 5.41. The third kappa shape index (κ3) is 3.60. The molecule has 2 aromatic heterocycles. The standard InChI is InChI=1S/C13H18N4O4/c1-13(2,3)21-12(19)14-9-5-8(7-18)6-17-10(9)15-11(16-17)20-4/h5-6,18H,7H2,1-4H3,(H,14,19). The summed E-state index contributed by atoms with van der Waals surface area (Å²) in [5, 5.41) is 15.9. The summed E-state index contributed by atoms with van der Waals surface area (Å²) in [4.78, 5) is 16.0. The molecule has 0 fully saturated rings. The highest BCUT2D eigenvalue weighted by Crippen LogP contribution is 2.21. The molecule has 0 unspecified atom stereocenters. The number of pyridine rings is 1. The van der Waals surface area contributed by atoms with E-state index < -0.39 is 11.7 Å². The number of aromatic nitrogens is 3. The molecule has 0 spiro atoms. The molecule has 0 bridgehead atoms. The third-order valence-corrected chi connectivity index (χ3v) is 2.47. The van der Waals surface area contributed by atoms with Crippen LogP contribution in [-0.2, 0) is 11.3 Å².